The largest absolute Gasteiger partial charge is 0.308 e. The molecule has 0 atom stereocenters. The van der Waals surface area contributed by atoms with Gasteiger partial charge in [-0.1, -0.05) is 23.7 Å². The van der Waals surface area contributed by atoms with Crippen molar-refractivity contribution in [3.05, 3.63) is 47.1 Å². The van der Waals surface area contributed by atoms with E-state index in [9.17, 15) is 4.79 Å². The molecule has 0 spiro atoms. The van der Waals surface area contributed by atoms with Crippen LogP contribution in [-0.4, -0.2) is 15.7 Å². The second kappa shape index (κ2) is 4.38. The van der Waals surface area contributed by atoms with Gasteiger partial charge in [0.1, 0.15) is 0 Å². The van der Waals surface area contributed by atoms with Crippen LogP contribution < -0.4 is 5.32 Å². The Bertz CT molecular complexity index is 614. The summed E-state index contributed by atoms with van der Waals surface area (Å²) in [5.74, 6) is 0.598. The van der Waals surface area contributed by atoms with Crippen LogP contribution in [0.4, 0.5) is 5.82 Å². The Morgan fingerprint density at radius 2 is 2.00 bits per heavy atom. The molecule has 3 rings (SSSR count). The molecule has 5 heteroatoms. The van der Waals surface area contributed by atoms with E-state index >= 15 is 0 Å². The second-order valence-electron chi connectivity index (χ2n) is 4.92. The molecule has 0 radical (unpaired) electrons. The second-order valence-corrected chi connectivity index (χ2v) is 5.35. The van der Waals surface area contributed by atoms with Crippen LogP contribution in [0, 0.1) is 0 Å². The molecule has 0 bridgehead atoms. The predicted octanol–water partition coefficient (Wildman–Crippen LogP) is 2.74. The number of aromatic nitrogens is 2. The Labute approximate surface area is 116 Å². The van der Waals surface area contributed by atoms with Crippen LogP contribution in [0.25, 0.3) is 0 Å². The first kappa shape index (κ1) is 12.2. The Balaban J connectivity index is 1.81. The van der Waals surface area contributed by atoms with E-state index in [0.717, 1.165) is 18.4 Å². The van der Waals surface area contributed by atoms with Gasteiger partial charge in [-0.05, 0) is 30.5 Å². The zero-order chi connectivity index (χ0) is 13.5. The van der Waals surface area contributed by atoms with Crippen LogP contribution >= 0.6 is 11.6 Å². The van der Waals surface area contributed by atoms with Crippen LogP contribution in [-0.2, 0) is 17.3 Å². The van der Waals surface area contributed by atoms with Gasteiger partial charge in [-0.25, -0.2) is 0 Å². The van der Waals surface area contributed by atoms with Gasteiger partial charge in [0, 0.05) is 24.3 Å². The van der Waals surface area contributed by atoms with Crippen LogP contribution in [0.5, 0.6) is 0 Å². The molecule has 1 amide bonds. The van der Waals surface area contributed by atoms with E-state index < -0.39 is 5.41 Å². The van der Waals surface area contributed by atoms with Gasteiger partial charge in [0.05, 0.1) is 5.41 Å². The van der Waals surface area contributed by atoms with Gasteiger partial charge in [0.2, 0.25) is 5.91 Å². The molecule has 1 aliphatic carbocycles. The molecule has 0 aliphatic heterocycles. The van der Waals surface area contributed by atoms with Crippen molar-refractivity contribution in [2.24, 2.45) is 7.05 Å². The first-order valence-electron chi connectivity index (χ1n) is 6.17. The summed E-state index contributed by atoms with van der Waals surface area (Å²) in [6.45, 7) is 0. The molecule has 19 heavy (non-hydrogen) atoms. The molecule has 1 saturated carbocycles. The Hall–Kier alpha value is -1.81. The summed E-state index contributed by atoms with van der Waals surface area (Å²) < 4.78 is 1.66. The van der Waals surface area contributed by atoms with Crippen molar-refractivity contribution in [3.63, 3.8) is 0 Å². The van der Waals surface area contributed by atoms with E-state index in [1.807, 2.05) is 31.3 Å². The van der Waals surface area contributed by atoms with E-state index in [1.54, 1.807) is 16.9 Å². The number of aryl methyl sites for hydroxylation is 1. The summed E-state index contributed by atoms with van der Waals surface area (Å²) in [4.78, 5) is 12.4. The topological polar surface area (TPSA) is 46.9 Å². The summed E-state index contributed by atoms with van der Waals surface area (Å²) in [5, 5.41) is 7.72. The van der Waals surface area contributed by atoms with Gasteiger partial charge in [-0.3, -0.25) is 9.48 Å². The number of carbonyl (C=O) groups is 1. The summed E-state index contributed by atoms with van der Waals surface area (Å²) >= 11 is 5.88. The van der Waals surface area contributed by atoms with Crippen molar-refractivity contribution in [1.29, 1.82) is 0 Å². The number of carbonyl (C=O) groups excluding carboxylic acids is 1. The highest BCUT2D eigenvalue weighted by atomic mass is 35.5. The molecular weight excluding hydrogens is 262 g/mol. The Kier molecular flexibility index (Phi) is 2.82. The fraction of sp³-hybridized carbons (Fsp3) is 0.286. The molecule has 1 N–H and O–H groups in total. The predicted molar refractivity (Wildman–Crippen MR) is 74.2 cm³/mol. The number of nitrogens with zero attached hydrogens (tertiary/aromatic N) is 2. The number of hydrogen-bond acceptors (Lipinski definition) is 2. The molecule has 4 nitrogen and oxygen atoms in total. The van der Waals surface area contributed by atoms with Crippen molar-refractivity contribution in [3.8, 4) is 0 Å². The molecule has 1 heterocycles. The van der Waals surface area contributed by atoms with E-state index in [-0.39, 0.29) is 5.91 Å². The summed E-state index contributed by atoms with van der Waals surface area (Å²) in [5.41, 5.74) is 0.618. The molecule has 1 fully saturated rings. The molecule has 2 aromatic rings. The van der Waals surface area contributed by atoms with Crippen molar-refractivity contribution in [2.75, 3.05) is 5.32 Å². The van der Waals surface area contributed by atoms with Gasteiger partial charge in [-0.15, -0.1) is 0 Å². The summed E-state index contributed by atoms with van der Waals surface area (Å²) in [6.07, 6.45) is 3.54. The van der Waals surface area contributed by atoms with Crippen LogP contribution in [0.3, 0.4) is 0 Å². The minimum atomic E-state index is -0.401. The minimum Gasteiger partial charge on any atom is -0.308 e. The number of halogens is 1. The molecular formula is C14H14ClN3O. The number of benzene rings is 1. The SMILES string of the molecule is Cn1ccc(NC(=O)C2(c3ccc(Cl)cc3)CC2)n1. The van der Waals surface area contributed by atoms with Crippen molar-refractivity contribution in [1.82, 2.24) is 9.78 Å². The van der Waals surface area contributed by atoms with Crippen molar-refractivity contribution in [2.45, 2.75) is 18.3 Å². The molecule has 0 unspecified atom stereocenters. The van der Waals surface area contributed by atoms with Gasteiger partial charge >= 0.3 is 0 Å². The fourth-order valence-electron chi connectivity index (χ4n) is 2.26. The normalized spacial score (nSPS) is 16.1. The molecule has 1 aromatic heterocycles. The smallest absolute Gasteiger partial charge is 0.236 e. The maximum atomic E-state index is 12.4. The molecule has 1 aliphatic rings. The highest BCUT2D eigenvalue weighted by molar-refractivity contribution is 6.30. The molecule has 1 aromatic carbocycles. The third kappa shape index (κ3) is 2.24. The maximum absolute atomic E-state index is 12.4. The van der Waals surface area contributed by atoms with Crippen LogP contribution in [0.15, 0.2) is 36.5 Å². The van der Waals surface area contributed by atoms with Gasteiger partial charge in [0.15, 0.2) is 5.82 Å². The average Bonchev–Trinajstić information content (AvgIpc) is 3.10. The van der Waals surface area contributed by atoms with Gasteiger partial charge in [0.25, 0.3) is 0 Å². The highest BCUT2D eigenvalue weighted by Crippen LogP contribution is 2.49. The van der Waals surface area contributed by atoms with E-state index in [4.69, 9.17) is 11.6 Å². The average molecular weight is 276 g/mol. The van der Waals surface area contributed by atoms with Gasteiger partial charge in [-0.2, -0.15) is 5.10 Å². The van der Waals surface area contributed by atoms with Crippen LogP contribution in [0.1, 0.15) is 18.4 Å². The first-order chi connectivity index (χ1) is 9.10. The number of rotatable bonds is 3. The zero-order valence-electron chi connectivity index (χ0n) is 10.6. The third-order valence-corrected chi connectivity index (χ3v) is 3.79. The maximum Gasteiger partial charge on any atom is 0.236 e. The lowest BCUT2D eigenvalue weighted by atomic mass is 9.95. The Morgan fingerprint density at radius 3 is 2.53 bits per heavy atom. The van der Waals surface area contributed by atoms with Gasteiger partial charge < -0.3 is 5.32 Å². The fourth-order valence-corrected chi connectivity index (χ4v) is 2.38. The van der Waals surface area contributed by atoms with Crippen LogP contribution in [0.2, 0.25) is 5.02 Å². The minimum absolute atomic E-state index is 0.00789. The van der Waals surface area contributed by atoms with E-state index in [1.165, 1.54) is 0 Å². The third-order valence-electron chi connectivity index (χ3n) is 3.54. The van der Waals surface area contributed by atoms with E-state index in [2.05, 4.69) is 10.4 Å². The molecule has 0 saturated heterocycles. The quantitative estimate of drug-likeness (QED) is 0.936. The number of nitrogens with one attached hydrogen (secondary N) is 1. The number of anilines is 1. The lowest BCUT2D eigenvalue weighted by molar-refractivity contribution is -0.118. The van der Waals surface area contributed by atoms with Crippen molar-refractivity contribution >= 4 is 23.3 Å². The highest BCUT2D eigenvalue weighted by Gasteiger charge is 2.51. The molecule has 98 valence electrons. The zero-order valence-corrected chi connectivity index (χ0v) is 11.3. The first-order valence-corrected chi connectivity index (χ1v) is 6.55. The van der Waals surface area contributed by atoms with Crippen molar-refractivity contribution < 1.29 is 4.79 Å². The Morgan fingerprint density at radius 1 is 1.32 bits per heavy atom. The standard InChI is InChI=1S/C14H14ClN3O/c1-18-9-6-12(17-18)16-13(19)14(7-8-14)10-2-4-11(15)5-3-10/h2-6,9H,7-8H2,1H3,(H,16,17,19). The summed E-state index contributed by atoms with van der Waals surface area (Å²) in [7, 11) is 1.82. The number of amides is 1. The number of hydrogen-bond donors (Lipinski definition) is 1. The lowest BCUT2D eigenvalue weighted by Gasteiger charge is -2.14. The summed E-state index contributed by atoms with van der Waals surface area (Å²) in [6, 6.07) is 9.28. The monoisotopic (exact) mass is 275 g/mol. The lowest BCUT2D eigenvalue weighted by Crippen LogP contribution is -2.28. The van der Waals surface area contributed by atoms with E-state index in [0.29, 0.717) is 10.8 Å².